The topological polar surface area (TPSA) is 48.5 Å². The van der Waals surface area contributed by atoms with Crippen LogP contribution in [0.15, 0.2) is 18.5 Å². The molecule has 0 aliphatic heterocycles. The Morgan fingerprint density at radius 2 is 1.91 bits per heavy atom. The van der Waals surface area contributed by atoms with Crippen molar-refractivity contribution in [1.29, 1.82) is 0 Å². The van der Waals surface area contributed by atoms with Gasteiger partial charge in [0, 0.05) is 24.8 Å². The summed E-state index contributed by atoms with van der Waals surface area (Å²) in [6.45, 7) is 4.38. The molecule has 0 aromatic carbocycles. The third-order valence-corrected chi connectivity index (χ3v) is 3.69. The van der Waals surface area contributed by atoms with E-state index in [1.807, 2.05) is 13.8 Å². The lowest BCUT2D eigenvalue weighted by atomic mass is 10.1. The quantitative estimate of drug-likeness (QED) is 0.730. The number of nitrogens with zero attached hydrogens (tertiary/aromatic N) is 5. The number of hydrogen-bond donors (Lipinski definition) is 0. The average molecular weight is 309 g/mol. The van der Waals surface area contributed by atoms with E-state index in [1.165, 1.54) is 10.9 Å². The fraction of sp³-hybridized carbons (Fsp3) is 0.357. The second-order valence-corrected chi connectivity index (χ2v) is 5.02. The summed E-state index contributed by atoms with van der Waals surface area (Å²) in [6, 6.07) is 1.06. The molecule has 0 amide bonds. The largest absolute Gasteiger partial charge is 0.417 e. The lowest BCUT2D eigenvalue weighted by molar-refractivity contribution is -0.136. The van der Waals surface area contributed by atoms with Gasteiger partial charge in [0.25, 0.3) is 0 Å². The molecule has 0 unspecified atom stereocenters. The summed E-state index contributed by atoms with van der Waals surface area (Å²) in [5.74, 6) is 0. The van der Waals surface area contributed by atoms with E-state index in [4.69, 9.17) is 0 Å². The molecule has 3 rings (SSSR count). The highest BCUT2D eigenvalue weighted by Gasteiger charge is 2.34. The Balaban J connectivity index is 2.31. The van der Waals surface area contributed by atoms with E-state index >= 15 is 0 Å². The fourth-order valence-electron chi connectivity index (χ4n) is 2.50. The summed E-state index contributed by atoms with van der Waals surface area (Å²) in [4.78, 5) is 4.33. The Kier molecular flexibility index (Phi) is 3.19. The van der Waals surface area contributed by atoms with Gasteiger partial charge in [-0.2, -0.15) is 23.4 Å². The molecule has 0 aliphatic carbocycles. The third kappa shape index (κ3) is 2.15. The first-order valence-electron chi connectivity index (χ1n) is 6.75. The molecule has 5 nitrogen and oxygen atoms in total. The van der Waals surface area contributed by atoms with Gasteiger partial charge in [0.05, 0.1) is 29.0 Å². The highest BCUT2D eigenvalue weighted by Crippen LogP contribution is 2.37. The summed E-state index contributed by atoms with van der Waals surface area (Å²) in [7, 11) is 1.57. The molecule has 116 valence electrons. The van der Waals surface area contributed by atoms with Crippen molar-refractivity contribution in [2.75, 3.05) is 0 Å². The van der Waals surface area contributed by atoms with Crippen LogP contribution in [-0.4, -0.2) is 24.5 Å². The highest BCUT2D eigenvalue weighted by molar-refractivity contribution is 5.83. The lowest BCUT2D eigenvalue weighted by Crippen LogP contribution is -2.07. The predicted octanol–water partition coefficient (Wildman–Crippen LogP) is 3.18. The summed E-state index contributed by atoms with van der Waals surface area (Å²) in [5, 5.41) is 8.05. The molecule has 22 heavy (non-hydrogen) atoms. The first-order chi connectivity index (χ1) is 10.3. The second kappa shape index (κ2) is 4.82. The number of fused-ring (bicyclic) bond motifs is 1. The van der Waals surface area contributed by atoms with Gasteiger partial charge in [-0.25, -0.2) is 4.98 Å². The van der Waals surface area contributed by atoms with Crippen LogP contribution in [0.3, 0.4) is 0 Å². The van der Waals surface area contributed by atoms with Crippen LogP contribution < -0.4 is 0 Å². The Labute approximate surface area is 124 Å². The van der Waals surface area contributed by atoms with Gasteiger partial charge < -0.3 is 0 Å². The van der Waals surface area contributed by atoms with Crippen molar-refractivity contribution < 1.29 is 13.2 Å². The molecule has 0 saturated heterocycles. The van der Waals surface area contributed by atoms with Crippen LogP contribution in [0.4, 0.5) is 13.2 Å². The van der Waals surface area contributed by atoms with E-state index in [2.05, 4.69) is 15.2 Å². The first-order valence-corrected chi connectivity index (χ1v) is 6.75. The van der Waals surface area contributed by atoms with Crippen LogP contribution in [0.25, 0.3) is 22.3 Å². The molecule has 3 aromatic heterocycles. The average Bonchev–Trinajstić information content (AvgIpc) is 3.00. The van der Waals surface area contributed by atoms with Gasteiger partial charge in [0.15, 0.2) is 5.65 Å². The summed E-state index contributed by atoms with van der Waals surface area (Å²) < 4.78 is 43.0. The molecule has 0 radical (unpaired) electrons. The van der Waals surface area contributed by atoms with Crippen molar-refractivity contribution in [3.63, 3.8) is 0 Å². The summed E-state index contributed by atoms with van der Waals surface area (Å²) >= 11 is 0. The Hall–Kier alpha value is -2.38. The van der Waals surface area contributed by atoms with Gasteiger partial charge in [-0.15, -0.1) is 0 Å². The van der Waals surface area contributed by atoms with Crippen LogP contribution in [0.2, 0.25) is 0 Å². The molecule has 3 aromatic rings. The van der Waals surface area contributed by atoms with Crippen LogP contribution in [0, 0.1) is 6.92 Å². The number of halogens is 3. The molecule has 0 bridgehead atoms. The standard InChI is InChI=1S/C14H14F3N5/c1-4-22-8(2)9(6-19-22)12-5-11(14(15,16)17)10-7-18-21(3)13(10)20-12/h5-7H,4H2,1-3H3. The van der Waals surface area contributed by atoms with E-state index in [0.29, 0.717) is 12.1 Å². The monoisotopic (exact) mass is 309 g/mol. The maximum atomic E-state index is 13.3. The van der Waals surface area contributed by atoms with Crippen molar-refractivity contribution in [3.05, 3.63) is 29.7 Å². The van der Waals surface area contributed by atoms with E-state index in [9.17, 15) is 13.2 Å². The number of alkyl halides is 3. The number of aromatic nitrogens is 5. The van der Waals surface area contributed by atoms with Crippen LogP contribution in [0.1, 0.15) is 18.2 Å². The Morgan fingerprint density at radius 1 is 1.18 bits per heavy atom. The van der Waals surface area contributed by atoms with Crippen LogP contribution >= 0.6 is 0 Å². The van der Waals surface area contributed by atoms with Gasteiger partial charge in [-0.05, 0) is 19.9 Å². The van der Waals surface area contributed by atoms with Crippen molar-refractivity contribution in [2.45, 2.75) is 26.6 Å². The SMILES string of the molecule is CCn1ncc(-c2cc(C(F)(F)F)c3cnn(C)c3n2)c1C. The highest BCUT2D eigenvalue weighted by atomic mass is 19.4. The van der Waals surface area contributed by atoms with E-state index in [0.717, 1.165) is 11.8 Å². The normalized spacial score (nSPS) is 12.3. The van der Waals surface area contributed by atoms with Crippen LogP contribution in [-0.2, 0) is 19.8 Å². The van der Waals surface area contributed by atoms with Crippen molar-refractivity contribution >= 4 is 11.0 Å². The zero-order chi connectivity index (χ0) is 16.1. The van der Waals surface area contributed by atoms with Crippen molar-refractivity contribution in [3.8, 4) is 11.3 Å². The molecule has 0 aliphatic rings. The lowest BCUT2D eigenvalue weighted by Gasteiger charge is -2.10. The number of rotatable bonds is 2. The predicted molar refractivity (Wildman–Crippen MR) is 75.1 cm³/mol. The zero-order valence-corrected chi connectivity index (χ0v) is 12.3. The molecule has 0 fully saturated rings. The maximum Gasteiger partial charge on any atom is 0.417 e. The molecular weight excluding hydrogens is 295 g/mol. The summed E-state index contributed by atoms with van der Waals surface area (Å²) in [5.41, 5.74) is 1.10. The Bertz CT molecular complexity index is 844. The van der Waals surface area contributed by atoms with Gasteiger partial charge in [-0.3, -0.25) is 9.36 Å². The van der Waals surface area contributed by atoms with Crippen LogP contribution in [0.5, 0.6) is 0 Å². The van der Waals surface area contributed by atoms with Crippen molar-refractivity contribution in [2.24, 2.45) is 7.05 Å². The van der Waals surface area contributed by atoms with E-state index in [-0.39, 0.29) is 16.7 Å². The minimum absolute atomic E-state index is 0.000661. The smallest absolute Gasteiger partial charge is 0.269 e. The zero-order valence-electron chi connectivity index (χ0n) is 12.3. The van der Waals surface area contributed by atoms with Gasteiger partial charge in [0.1, 0.15) is 0 Å². The number of pyridine rings is 1. The Morgan fingerprint density at radius 3 is 2.50 bits per heavy atom. The maximum absolute atomic E-state index is 13.3. The van der Waals surface area contributed by atoms with Gasteiger partial charge in [-0.1, -0.05) is 0 Å². The van der Waals surface area contributed by atoms with E-state index in [1.54, 1.807) is 17.9 Å². The molecule has 3 heterocycles. The fourth-order valence-corrected chi connectivity index (χ4v) is 2.50. The minimum atomic E-state index is -4.46. The first kappa shape index (κ1) is 14.6. The molecule has 0 atom stereocenters. The molecule has 0 spiro atoms. The molecule has 8 heteroatoms. The molecule has 0 N–H and O–H groups in total. The summed E-state index contributed by atoms with van der Waals surface area (Å²) in [6.07, 6.45) is -1.73. The minimum Gasteiger partial charge on any atom is -0.269 e. The number of aryl methyl sites for hydroxylation is 2. The second-order valence-electron chi connectivity index (χ2n) is 5.02. The van der Waals surface area contributed by atoms with Crippen molar-refractivity contribution in [1.82, 2.24) is 24.5 Å². The molecular formula is C14H14F3N5. The third-order valence-electron chi connectivity index (χ3n) is 3.69. The molecule has 0 saturated carbocycles. The van der Waals surface area contributed by atoms with Gasteiger partial charge >= 0.3 is 6.18 Å². The van der Waals surface area contributed by atoms with E-state index < -0.39 is 11.7 Å². The van der Waals surface area contributed by atoms with Gasteiger partial charge in [0.2, 0.25) is 0 Å². The number of hydrogen-bond acceptors (Lipinski definition) is 3.